The van der Waals surface area contributed by atoms with Gasteiger partial charge in [0.2, 0.25) is 11.8 Å². The molecule has 0 unspecified atom stereocenters. The van der Waals surface area contributed by atoms with Crippen LogP contribution in [-0.4, -0.2) is 62.1 Å². The Hall–Kier alpha value is -4.07. The number of carbonyl (C=O) groups is 2. The fraction of sp³-hybridized carbons (Fsp3) is 0.345. The number of hydrogen-bond acceptors (Lipinski definition) is 6. The van der Waals surface area contributed by atoms with Gasteiger partial charge in [-0.25, -0.2) is 4.98 Å². The van der Waals surface area contributed by atoms with E-state index in [1.807, 2.05) is 71.6 Å². The van der Waals surface area contributed by atoms with E-state index in [9.17, 15) is 9.59 Å². The Labute approximate surface area is 217 Å². The zero-order chi connectivity index (χ0) is 25.8. The third kappa shape index (κ3) is 5.09. The van der Waals surface area contributed by atoms with E-state index in [2.05, 4.69) is 9.88 Å². The molecule has 8 heteroatoms. The number of rotatable bonds is 6. The summed E-state index contributed by atoms with van der Waals surface area (Å²) in [6.07, 6.45) is 2.63. The smallest absolute Gasteiger partial charge is 0.228 e. The number of piperazine rings is 1. The molecule has 2 amide bonds. The largest absolute Gasteiger partial charge is 0.497 e. The molecule has 3 aromatic rings. The van der Waals surface area contributed by atoms with E-state index < -0.39 is 6.04 Å². The van der Waals surface area contributed by atoms with Crippen LogP contribution in [0, 0.1) is 5.92 Å². The summed E-state index contributed by atoms with van der Waals surface area (Å²) in [5, 5.41) is 0. The number of pyridine rings is 1. The fourth-order valence-electron chi connectivity index (χ4n) is 5.31. The zero-order valence-electron chi connectivity index (χ0n) is 21.2. The molecule has 2 aliphatic heterocycles. The molecule has 0 spiro atoms. The minimum Gasteiger partial charge on any atom is -0.497 e. The first-order valence-corrected chi connectivity index (χ1v) is 12.6. The maximum atomic E-state index is 14.0. The van der Waals surface area contributed by atoms with Crippen LogP contribution in [0.5, 0.6) is 11.5 Å². The molecule has 2 aliphatic rings. The molecule has 8 nitrogen and oxygen atoms in total. The Morgan fingerprint density at radius 1 is 0.865 bits per heavy atom. The molecule has 3 heterocycles. The van der Waals surface area contributed by atoms with Crippen LogP contribution < -0.4 is 19.3 Å². The van der Waals surface area contributed by atoms with Gasteiger partial charge in [0, 0.05) is 44.5 Å². The number of ether oxygens (including phenoxy) is 2. The first-order chi connectivity index (χ1) is 18.1. The second kappa shape index (κ2) is 10.9. The van der Waals surface area contributed by atoms with Crippen molar-refractivity contribution < 1.29 is 19.1 Å². The summed E-state index contributed by atoms with van der Waals surface area (Å²) in [6, 6.07) is 20.6. The molecular formula is C29H32N4O4. The number of methoxy groups -OCH3 is 2. The summed E-state index contributed by atoms with van der Waals surface area (Å²) in [7, 11) is 3.24. The van der Waals surface area contributed by atoms with Gasteiger partial charge < -0.3 is 24.2 Å². The summed E-state index contributed by atoms with van der Waals surface area (Å²) < 4.78 is 10.7. The van der Waals surface area contributed by atoms with Gasteiger partial charge in [0.05, 0.1) is 26.2 Å². The topological polar surface area (TPSA) is 75.2 Å². The molecule has 5 rings (SSSR count). The Kier molecular flexibility index (Phi) is 7.25. The van der Waals surface area contributed by atoms with Crippen molar-refractivity contribution in [3.8, 4) is 11.5 Å². The molecule has 0 radical (unpaired) electrons. The lowest BCUT2D eigenvalue weighted by Gasteiger charge is -2.44. The standard InChI is InChI=1S/C29H32N4O4/c1-36-23-10-6-21(7-11-23)28-25(14-15-27(34)33(28)22-8-12-24(37-2)13-9-22)29(35)32-19-17-31(18-20-32)26-5-3-4-16-30-26/h3-13,16,25,28H,14-15,17-20H2,1-2H3/t25-,28-/m0/s1. The highest BCUT2D eigenvalue weighted by Crippen LogP contribution is 2.41. The van der Waals surface area contributed by atoms with Crippen molar-refractivity contribution in [2.75, 3.05) is 50.2 Å². The molecule has 2 aromatic carbocycles. The lowest BCUT2D eigenvalue weighted by molar-refractivity contribution is -0.138. The highest BCUT2D eigenvalue weighted by molar-refractivity contribution is 5.97. The lowest BCUT2D eigenvalue weighted by Crippen LogP contribution is -2.54. The molecule has 192 valence electrons. The summed E-state index contributed by atoms with van der Waals surface area (Å²) in [4.78, 5) is 37.7. The van der Waals surface area contributed by atoms with E-state index in [4.69, 9.17) is 9.47 Å². The van der Waals surface area contributed by atoms with Crippen LogP contribution in [0.3, 0.4) is 0 Å². The number of aromatic nitrogens is 1. The van der Waals surface area contributed by atoms with Gasteiger partial charge in [-0.05, 0) is 60.5 Å². The predicted octanol–water partition coefficient (Wildman–Crippen LogP) is 3.93. The molecular weight excluding hydrogens is 468 g/mol. The van der Waals surface area contributed by atoms with Gasteiger partial charge >= 0.3 is 0 Å². The zero-order valence-corrected chi connectivity index (χ0v) is 21.2. The van der Waals surface area contributed by atoms with Crippen molar-refractivity contribution in [1.29, 1.82) is 0 Å². The maximum Gasteiger partial charge on any atom is 0.228 e. The summed E-state index contributed by atoms with van der Waals surface area (Å²) in [5.74, 6) is 2.12. The Morgan fingerprint density at radius 2 is 1.51 bits per heavy atom. The van der Waals surface area contributed by atoms with Gasteiger partial charge in [-0.1, -0.05) is 18.2 Å². The minimum absolute atomic E-state index is 0.00926. The summed E-state index contributed by atoms with van der Waals surface area (Å²) in [5.41, 5.74) is 1.67. The van der Waals surface area contributed by atoms with E-state index in [0.29, 0.717) is 31.7 Å². The Morgan fingerprint density at radius 3 is 2.11 bits per heavy atom. The molecule has 0 bridgehead atoms. The van der Waals surface area contributed by atoms with Crippen LogP contribution in [0.1, 0.15) is 24.4 Å². The van der Waals surface area contributed by atoms with Gasteiger partial charge in [-0.2, -0.15) is 0 Å². The van der Waals surface area contributed by atoms with E-state index >= 15 is 0 Å². The van der Waals surface area contributed by atoms with Crippen molar-refractivity contribution in [2.24, 2.45) is 5.92 Å². The van der Waals surface area contributed by atoms with Gasteiger partial charge in [0.1, 0.15) is 17.3 Å². The van der Waals surface area contributed by atoms with Crippen LogP contribution in [0.25, 0.3) is 0 Å². The second-order valence-corrected chi connectivity index (χ2v) is 9.33. The number of hydrogen-bond donors (Lipinski definition) is 0. The SMILES string of the molecule is COc1ccc([C@H]2[C@@H](C(=O)N3CCN(c4ccccn4)CC3)CCC(=O)N2c2ccc(OC)cc2)cc1. The number of benzene rings is 2. The van der Waals surface area contributed by atoms with E-state index in [1.165, 1.54) is 0 Å². The van der Waals surface area contributed by atoms with Crippen molar-refractivity contribution >= 4 is 23.3 Å². The molecule has 2 saturated heterocycles. The Bertz CT molecular complexity index is 1210. The molecule has 0 saturated carbocycles. The van der Waals surface area contributed by atoms with Crippen molar-refractivity contribution in [3.63, 3.8) is 0 Å². The first-order valence-electron chi connectivity index (χ1n) is 12.6. The number of nitrogens with zero attached hydrogens (tertiary/aromatic N) is 4. The van der Waals surface area contributed by atoms with Crippen molar-refractivity contribution in [2.45, 2.75) is 18.9 Å². The van der Waals surface area contributed by atoms with Gasteiger partial charge in [0.15, 0.2) is 0 Å². The highest BCUT2D eigenvalue weighted by Gasteiger charge is 2.43. The number of piperidine rings is 1. The number of amides is 2. The molecule has 2 atom stereocenters. The molecule has 1 aromatic heterocycles. The molecule has 0 N–H and O–H groups in total. The maximum absolute atomic E-state index is 14.0. The first kappa shape index (κ1) is 24.6. The molecule has 2 fully saturated rings. The van der Waals surface area contributed by atoms with Crippen molar-refractivity contribution in [1.82, 2.24) is 9.88 Å². The third-order valence-corrected chi connectivity index (χ3v) is 7.29. The normalized spacial score (nSPS) is 20.1. The monoisotopic (exact) mass is 500 g/mol. The van der Waals surface area contributed by atoms with Crippen LogP contribution in [0.2, 0.25) is 0 Å². The molecule has 0 aliphatic carbocycles. The van der Waals surface area contributed by atoms with Gasteiger partial charge in [0.25, 0.3) is 0 Å². The second-order valence-electron chi connectivity index (χ2n) is 9.33. The van der Waals surface area contributed by atoms with Crippen molar-refractivity contribution in [3.05, 3.63) is 78.5 Å². The van der Waals surface area contributed by atoms with Crippen LogP contribution in [-0.2, 0) is 9.59 Å². The predicted molar refractivity (Wildman–Crippen MR) is 142 cm³/mol. The fourth-order valence-corrected chi connectivity index (χ4v) is 5.31. The van der Waals surface area contributed by atoms with Gasteiger partial charge in [-0.3, -0.25) is 9.59 Å². The van der Waals surface area contributed by atoms with E-state index in [0.717, 1.165) is 35.9 Å². The van der Waals surface area contributed by atoms with E-state index in [1.54, 1.807) is 25.3 Å². The number of anilines is 2. The van der Waals surface area contributed by atoms with Crippen LogP contribution in [0.15, 0.2) is 72.9 Å². The highest BCUT2D eigenvalue weighted by atomic mass is 16.5. The quantitative estimate of drug-likeness (QED) is 0.511. The summed E-state index contributed by atoms with van der Waals surface area (Å²) in [6.45, 7) is 2.70. The number of carbonyl (C=O) groups excluding carboxylic acids is 2. The van der Waals surface area contributed by atoms with E-state index in [-0.39, 0.29) is 17.7 Å². The third-order valence-electron chi connectivity index (χ3n) is 7.29. The average molecular weight is 501 g/mol. The Balaban J connectivity index is 1.43. The lowest BCUT2D eigenvalue weighted by atomic mass is 9.82. The van der Waals surface area contributed by atoms with Crippen LogP contribution in [0.4, 0.5) is 11.5 Å². The van der Waals surface area contributed by atoms with Gasteiger partial charge in [-0.15, -0.1) is 0 Å². The molecule has 37 heavy (non-hydrogen) atoms. The summed E-state index contributed by atoms with van der Waals surface area (Å²) >= 11 is 0. The minimum atomic E-state index is -0.415. The van der Waals surface area contributed by atoms with Crippen LogP contribution >= 0.6 is 0 Å². The average Bonchev–Trinajstić information content (AvgIpc) is 2.97.